The second-order valence-electron chi connectivity index (χ2n) is 10.6. The van der Waals surface area contributed by atoms with E-state index in [1.807, 2.05) is 38.1 Å². The summed E-state index contributed by atoms with van der Waals surface area (Å²) in [5, 5.41) is 6.69. The van der Waals surface area contributed by atoms with Gasteiger partial charge in [0.25, 0.3) is 0 Å². The van der Waals surface area contributed by atoms with E-state index in [0.717, 1.165) is 69.0 Å². The molecule has 200 valence electrons. The first-order valence-corrected chi connectivity index (χ1v) is 13.7. The van der Waals surface area contributed by atoms with E-state index >= 15 is 0 Å². The Morgan fingerprint density at radius 2 is 1.46 bits per heavy atom. The number of carbonyl (C=O) groups is 2. The average Bonchev–Trinajstić information content (AvgIpc) is 2.96. The van der Waals surface area contributed by atoms with Crippen LogP contribution in [-0.4, -0.2) is 93.5 Å². The zero-order chi connectivity index (χ0) is 26.4. The number of anilines is 1. The Kier molecular flexibility index (Phi) is 9.00. The summed E-state index contributed by atoms with van der Waals surface area (Å²) < 4.78 is 0. The zero-order valence-corrected chi connectivity index (χ0v) is 22.9. The third kappa shape index (κ3) is 6.06. The van der Waals surface area contributed by atoms with Gasteiger partial charge in [-0.25, -0.2) is 0 Å². The molecular formula is C30H43N5O2. The maximum Gasteiger partial charge on any atom is 0.229 e. The summed E-state index contributed by atoms with van der Waals surface area (Å²) in [6.45, 7) is 11.3. The van der Waals surface area contributed by atoms with Crippen LogP contribution in [0.2, 0.25) is 0 Å². The molecule has 7 heteroatoms. The molecule has 2 aliphatic heterocycles. The van der Waals surface area contributed by atoms with Gasteiger partial charge in [-0.15, -0.1) is 0 Å². The number of hydrogen-bond acceptors (Lipinski definition) is 6. The van der Waals surface area contributed by atoms with Gasteiger partial charge in [0.05, 0.1) is 11.5 Å². The molecule has 2 heterocycles. The summed E-state index contributed by atoms with van der Waals surface area (Å²) in [7, 11) is 4.00. The molecule has 7 nitrogen and oxygen atoms in total. The highest BCUT2D eigenvalue weighted by molar-refractivity contribution is 6.03. The molecular weight excluding hydrogens is 462 g/mol. The van der Waals surface area contributed by atoms with Crippen LogP contribution in [0, 0.1) is 0 Å². The fraction of sp³-hybridized carbons (Fsp3) is 0.533. The molecule has 0 radical (unpaired) electrons. The maximum atomic E-state index is 14.0. The largest absolute Gasteiger partial charge is 0.369 e. The molecule has 2 unspecified atom stereocenters. The van der Waals surface area contributed by atoms with E-state index in [1.165, 1.54) is 5.69 Å². The van der Waals surface area contributed by atoms with Gasteiger partial charge in [0.15, 0.2) is 5.78 Å². The van der Waals surface area contributed by atoms with Crippen molar-refractivity contribution < 1.29 is 9.59 Å². The molecule has 2 aliphatic rings. The average molecular weight is 506 g/mol. The molecule has 2 aromatic rings. The van der Waals surface area contributed by atoms with Crippen LogP contribution in [0.5, 0.6) is 0 Å². The molecule has 0 aromatic heterocycles. The van der Waals surface area contributed by atoms with Crippen LogP contribution in [-0.2, 0) is 11.2 Å². The Hall–Kier alpha value is -2.74. The van der Waals surface area contributed by atoms with Gasteiger partial charge in [-0.1, -0.05) is 31.2 Å². The number of likely N-dealkylation sites (N-methyl/N-ethyl adjacent to an activating group) is 1. The first-order valence-electron chi connectivity index (χ1n) is 13.7. The van der Waals surface area contributed by atoms with Crippen molar-refractivity contribution in [2.45, 2.75) is 38.1 Å². The van der Waals surface area contributed by atoms with Crippen molar-refractivity contribution >= 4 is 17.4 Å². The highest BCUT2D eigenvalue weighted by Gasteiger charge is 2.39. The van der Waals surface area contributed by atoms with Crippen LogP contribution >= 0.6 is 0 Å². The Balaban J connectivity index is 1.49. The van der Waals surface area contributed by atoms with Crippen LogP contribution in [0.3, 0.4) is 0 Å². The van der Waals surface area contributed by atoms with Gasteiger partial charge in [-0.3, -0.25) is 14.5 Å². The third-order valence-electron chi connectivity index (χ3n) is 8.25. The number of benzene rings is 2. The summed E-state index contributed by atoms with van der Waals surface area (Å²) in [5.41, 5.74) is 3.41. The standard InChI is InChI=1S/C30H43N5O2/c1-5-30(33(3)4,28(36)26-10-12-27(13-11-26)34-18-14-31-15-19-34)22-24-6-8-25(9-7-24)23(2)29(37)35-20-16-32-17-21-35/h6-13,23,31-32H,5,14-22H2,1-4H3. The van der Waals surface area contributed by atoms with Crippen LogP contribution in [0.4, 0.5) is 5.69 Å². The van der Waals surface area contributed by atoms with Gasteiger partial charge in [0.2, 0.25) is 5.91 Å². The van der Waals surface area contributed by atoms with Gasteiger partial charge < -0.3 is 20.4 Å². The Morgan fingerprint density at radius 1 is 0.892 bits per heavy atom. The smallest absolute Gasteiger partial charge is 0.229 e. The molecule has 2 fully saturated rings. The number of ketones is 1. The van der Waals surface area contributed by atoms with E-state index in [9.17, 15) is 9.59 Å². The predicted octanol–water partition coefficient (Wildman–Crippen LogP) is 2.77. The molecule has 37 heavy (non-hydrogen) atoms. The number of amides is 1. The van der Waals surface area contributed by atoms with Crippen molar-refractivity contribution in [2.75, 3.05) is 71.4 Å². The molecule has 0 aliphatic carbocycles. The van der Waals surface area contributed by atoms with Gasteiger partial charge in [0, 0.05) is 63.6 Å². The fourth-order valence-electron chi connectivity index (χ4n) is 5.62. The number of nitrogens with one attached hydrogen (secondary N) is 2. The summed E-state index contributed by atoms with van der Waals surface area (Å²) in [6.07, 6.45) is 1.33. The minimum atomic E-state index is -0.639. The van der Waals surface area contributed by atoms with Crippen molar-refractivity contribution in [3.8, 4) is 0 Å². The number of piperazine rings is 2. The molecule has 0 saturated carbocycles. The molecule has 0 spiro atoms. The van der Waals surface area contributed by atoms with E-state index in [-0.39, 0.29) is 17.6 Å². The first kappa shape index (κ1) is 27.3. The van der Waals surface area contributed by atoms with Gasteiger partial charge in [0.1, 0.15) is 0 Å². The maximum absolute atomic E-state index is 14.0. The van der Waals surface area contributed by atoms with E-state index in [1.54, 1.807) is 0 Å². The minimum absolute atomic E-state index is 0.151. The van der Waals surface area contributed by atoms with Crippen molar-refractivity contribution in [2.24, 2.45) is 0 Å². The molecule has 2 saturated heterocycles. The summed E-state index contributed by atoms with van der Waals surface area (Å²) in [4.78, 5) is 33.3. The fourth-order valence-corrected chi connectivity index (χ4v) is 5.62. The number of hydrogen-bond donors (Lipinski definition) is 2. The second-order valence-corrected chi connectivity index (χ2v) is 10.6. The normalized spacial score (nSPS) is 18.9. The number of carbonyl (C=O) groups excluding carboxylic acids is 2. The van der Waals surface area contributed by atoms with Crippen LogP contribution in [0.25, 0.3) is 0 Å². The zero-order valence-electron chi connectivity index (χ0n) is 22.9. The predicted molar refractivity (Wildman–Crippen MR) is 151 cm³/mol. The van der Waals surface area contributed by atoms with E-state index in [0.29, 0.717) is 12.8 Å². The quantitative estimate of drug-likeness (QED) is 0.511. The molecule has 2 aromatic carbocycles. The monoisotopic (exact) mass is 505 g/mol. The Morgan fingerprint density at radius 3 is 2.00 bits per heavy atom. The molecule has 1 amide bonds. The van der Waals surface area contributed by atoms with E-state index < -0.39 is 5.54 Å². The summed E-state index contributed by atoms with van der Waals surface area (Å²) in [6, 6.07) is 16.4. The van der Waals surface area contributed by atoms with Crippen LogP contribution < -0.4 is 15.5 Å². The lowest BCUT2D eigenvalue weighted by molar-refractivity contribution is -0.133. The van der Waals surface area contributed by atoms with Crippen molar-refractivity contribution in [1.82, 2.24) is 20.4 Å². The summed E-state index contributed by atoms with van der Waals surface area (Å²) >= 11 is 0. The van der Waals surface area contributed by atoms with Crippen molar-refractivity contribution in [3.05, 3.63) is 65.2 Å². The number of Topliss-reactive ketones (excluding diaryl/α,β-unsaturated/α-hetero) is 1. The highest BCUT2D eigenvalue weighted by atomic mass is 16.2. The number of rotatable bonds is 9. The van der Waals surface area contributed by atoms with Gasteiger partial charge >= 0.3 is 0 Å². The van der Waals surface area contributed by atoms with Crippen LogP contribution in [0.1, 0.15) is 47.7 Å². The lowest BCUT2D eigenvalue weighted by atomic mass is 9.80. The molecule has 0 bridgehead atoms. The van der Waals surface area contributed by atoms with Gasteiger partial charge in [-0.2, -0.15) is 0 Å². The molecule has 2 N–H and O–H groups in total. The van der Waals surface area contributed by atoms with Gasteiger partial charge in [-0.05, 0) is 69.3 Å². The Bertz CT molecular complexity index is 1040. The van der Waals surface area contributed by atoms with Crippen molar-refractivity contribution in [1.29, 1.82) is 0 Å². The number of nitrogens with zero attached hydrogens (tertiary/aromatic N) is 3. The van der Waals surface area contributed by atoms with E-state index in [2.05, 4.69) is 63.8 Å². The third-order valence-corrected chi connectivity index (χ3v) is 8.25. The lowest BCUT2D eigenvalue weighted by Crippen LogP contribution is -2.52. The Labute approximate surface area is 222 Å². The second kappa shape index (κ2) is 12.2. The van der Waals surface area contributed by atoms with Crippen LogP contribution in [0.15, 0.2) is 48.5 Å². The lowest BCUT2D eigenvalue weighted by Gasteiger charge is -2.38. The first-order chi connectivity index (χ1) is 17.9. The van der Waals surface area contributed by atoms with E-state index in [4.69, 9.17) is 0 Å². The SMILES string of the molecule is CCC(Cc1ccc(C(C)C(=O)N2CCNCC2)cc1)(C(=O)c1ccc(N2CCNCC2)cc1)N(C)C. The topological polar surface area (TPSA) is 67.9 Å². The minimum Gasteiger partial charge on any atom is -0.369 e. The highest BCUT2D eigenvalue weighted by Crippen LogP contribution is 2.30. The van der Waals surface area contributed by atoms with Crippen molar-refractivity contribution in [3.63, 3.8) is 0 Å². The molecule has 2 atom stereocenters. The summed E-state index contributed by atoms with van der Waals surface area (Å²) in [5.74, 6) is 0.163. The molecule has 4 rings (SSSR count).